The molecule has 1 aromatic rings. The number of nitrogens with zero attached hydrogens (tertiary/aromatic N) is 2. The number of alkyl halides is 3. The summed E-state index contributed by atoms with van der Waals surface area (Å²) in [5, 5.41) is 0. The molecule has 2 aliphatic heterocycles. The van der Waals surface area contributed by atoms with Crippen molar-refractivity contribution >= 4 is 17.8 Å². The maximum atomic E-state index is 13.0. The fraction of sp³-hybridized carbons (Fsp3) is 0.542. The normalized spacial score (nSPS) is 20.3. The predicted octanol–water partition coefficient (Wildman–Crippen LogP) is 4.12. The fourth-order valence-electron chi connectivity index (χ4n) is 4.36. The second-order valence-corrected chi connectivity index (χ2v) is 8.64. The van der Waals surface area contributed by atoms with Crippen molar-refractivity contribution in [2.24, 2.45) is 5.92 Å². The molecule has 3 rings (SSSR count). The molecule has 33 heavy (non-hydrogen) atoms. The third-order valence-corrected chi connectivity index (χ3v) is 6.39. The van der Waals surface area contributed by atoms with Crippen LogP contribution in [0.3, 0.4) is 0 Å². The van der Waals surface area contributed by atoms with Crippen molar-refractivity contribution in [2.75, 3.05) is 26.2 Å². The van der Waals surface area contributed by atoms with E-state index in [9.17, 15) is 27.6 Å². The number of allylic oxidation sites excluding steroid dienone is 1. The molecule has 0 saturated carbocycles. The quantitative estimate of drug-likeness (QED) is 0.613. The van der Waals surface area contributed by atoms with Crippen LogP contribution in [0.25, 0.3) is 0 Å². The van der Waals surface area contributed by atoms with E-state index in [1.165, 1.54) is 17.0 Å². The Labute approximate surface area is 191 Å². The number of piperidine rings is 1. The van der Waals surface area contributed by atoms with Gasteiger partial charge < -0.3 is 14.5 Å². The Morgan fingerprint density at radius 2 is 1.73 bits per heavy atom. The summed E-state index contributed by atoms with van der Waals surface area (Å²) in [6.45, 7) is 6.54. The van der Waals surface area contributed by atoms with E-state index in [-0.39, 0.29) is 37.0 Å². The van der Waals surface area contributed by atoms with Crippen molar-refractivity contribution in [3.63, 3.8) is 0 Å². The molecule has 1 unspecified atom stereocenters. The summed E-state index contributed by atoms with van der Waals surface area (Å²) in [5.41, 5.74) is 0.0918. The van der Waals surface area contributed by atoms with Crippen LogP contribution in [0.4, 0.5) is 13.2 Å². The number of halogens is 3. The molecule has 180 valence electrons. The minimum Gasteiger partial charge on any atom is -0.463 e. The van der Waals surface area contributed by atoms with Gasteiger partial charge in [-0.2, -0.15) is 13.2 Å². The second-order valence-electron chi connectivity index (χ2n) is 8.64. The molecule has 2 aliphatic rings. The van der Waals surface area contributed by atoms with Crippen molar-refractivity contribution < 1.29 is 32.3 Å². The van der Waals surface area contributed by atoms with Gasteiger partial charge in [0, 0.05) is 31.1 Å². The molecule has 2 heterocycles. The molecular weight excluding hydrogens is 437 g/mol. The molecule has 1 fully saturated rings. The SMILES string of the molecule is CCOC(=O)C1=C(C)N(CC(=O)N2CCC(C)CC2)C(=O)CC1c1ccc(C(F)(F)F)cc1. The zero-order chi connectivity index (χ0) is 24.3. The van der Waals surface area contributed by atoms with Gasteiger partial charge in [0.05, 0.1) is 17.7 Å². The molecule has 6 nitrogen and oxygen atoms in total. The Kier molecular flexibility index (Phi) is 7.49. The summed E-state index contributed by atoms with van der Waals surface area (Å²) in [6.07, 6.45) is -2.82. The lowest BCUT2D eigenvalue weighted by molar-refractivity contribution is -0.143. The van der Waals surface area contributed by atoms with Crippen molar-refractivity contribution in [1.29, 1.82) is 0 Å². The van der Waals surface area contributed by atoms with Crippen LogP contribution < -0.4 is 0 Å². The minimum atomic E-state index is -4.49. The highest BCUT2D eigenvalue weighted by Crippen LogP contribution is 2.38. The summed E-state index contributed by atoms with van der Waals surface area (Å²) in [6, 6.07) is 4.43. The first kappa shape index (κ1) is 24.8. The third-order valence-electron chi connectivity index (χ3n) is 6.39. The van der Waals surface area contributed by atoms with Gasteiger partial charge in [0.1, 0.15) is 6.54 Å². The van der Waals surface area contributed by atoms with E-state index in [2.05, 4.69) is 6.92 Å². The number of ether oxygens (including phenoxy) is 1. The lowest BCUT2D eigenvalue weighted by Gasteiger charge is -2.36. The number of likely N-dealkylation sites (tertiary alicyclic amines) is 1. The molecule has 0 aromatic heterocycles. The van der Waals surface area contributed by atoms with E-state index >= 15 is 0 Å². The van der Waals surface area contributed by atoms with Crippen molar-refractivity contribution in [2.45, 2.75) is 52.1 Å². The van der Waals surface area contributed by atoms with Crippen LogP contribution in [-0.2, 0) is 25.3 Å². The van der Waals surface area contributed by atoms with Gasteiger partial charge in [0.15, 0.2) is 0 Å². The zero-order valence-corrected chi connectivity index (χ0v) is 19.1. The first-order valence-corrected chi connectivity index (χ1v) is 11.2. The minimum absolute atomic E-state index is 0.105. The summed E-state index contributed by atoms with van der Waals surface area (Å²) < 4.78 is 44.1. The molecule has 2 amide bonds. The third kappa shape index (κ3) is 5.57. The van der Waals surface area contributed by atoms with E-state index in [0.29, 0.717) is 30.3 Å². The average molecular weight is 467 g/mol. The molecule has 0 N–H and O–H groups in total. The fourth-order valence-corrected chi connectivity index (χ4v) is 4.36. The number of hydrogen-bond donors (Lipinski definition) is 0. The number of amides is 2. The van der Waals surface area contributed by atoms with Gasteiger partial charge >= 0.3 is 12.1 Å². The van der Waals surface area contributed by atoms with Crippen LogP contribution in [0.2, 0.25) is 0 Å². The Bertz CT molecular complexity index is 932. The van der Waals surface area contributed by atoms with Crippen LogP contribution in [0, 0.1) is 5.92 Å². The van der Waals surface area contributed by atoms with Crippen molar-refractivity contribution in [1.82, 2.24) is 9.80 Å². The molecular formula is C24H29F3N2O4. The summed E-state index contributed by atoms with van der Waals surface area (Å²) >= 11 is 0. The largest absolute Gasteiger partial charge is 0.463 e. The zero-order valence-electron chi connectivity index (χ0n) is 19.1. The number of carbonyl (C=O) groups is 3. The smallest absolute Gasteiger partial charge is 0.416 e. The molecule has 0 bridgehead atoms. The van der Waals surface area contributed by atoms with Crippen molar-refractivity contribution in [3.8, 4) is 0 Å². The van der Waals surface area contributed by atoms with Crippen LogP contribution >= 0.6 is 0 Å². The number of carbonyl (C=O) groups excluding carboxylic acids is 3. The molecule has 0 spiro atoms. The number of esters is 1. The van der Waals surface area contributed by atoms with Gasteiger partial charge in [-0.3, -0.25) is 9.59 Å². The van der Waals surface area contributed by atoms with E-state index < -0.39 is 23.6 Å². The molecule has 9 heteroatoms. The highest BCUT2D eigenvalue weighted by atomic mass is 19.4. The Hall–Kier alpha value is -2.84. The summed E-state index contributed by atoms with van der Waals surface area (Å²) in [4.78, 5) is 41.7. The maximum Gasteiger partial charge on any atom is 0.416 e. The molecule has 1 aromatic carbocycles. The van der Waals surface area contributed by atoms with Crippen LogP contribution in [0.1, 0.15) is 57.1 Å². The van der Waals surface area contributed by atoms with Gasteiger partial charge in [0.2, 0.25) is 11.8 Å². The summed E-state index contributed by atoms with van der Waals surface area (Å²) in [5.74, 6) is -1.39. The van der Waals surface area contributed by atoms with Gasteiger partial charge in [0.25, 0.3) is 0 Å². The van der Waals surface area contributed by atoms with Gasteiger partial charge in [-0.15, -0.1) is 0 Å². The van der Waals surface area contributed by atoms with Gasteiger partial charge in [-0.05, 0) is 50.3 Å². The second kappa shape index (κ2) is 9.97. The monoisotopic (exact) mass is 466 g/mol. The Morgan fingerprint density at radius 3 is 2.27 bits per heavy atom. The highest BCUT2D eigenvalue weighted by molar-refractivity contribution is 5.97. The first-order chi connectivity index (χ1) is 15.5. The topological polar surface area (TPSA) is 66.9 Å². The molecule has 0 aliphatic carbocycles. The maximum absolute atomic E-state index is 13.0. The van der Waals surface area contributed by atoms with Crippen LogP contribution in [0.15, 0.2) is 35.5 Å². The van der Waals surface area contributed by atoms with Crippen LogP contribution in [0.5, 0.6) is 0 Å². The van der Waals surface area contributed by atoms with E-state index in [4.69, 9.17) is 4.74 Å². The first-order valence-electron chi connectivity index (χ1n) is 11.2. The van der Waals surface area contributed by atoms with Crippen molar-refractivity contribution in [3.05, 3.63) is 46.7 Å². The van der Waals surface area contributed by atoms with Gasteiger partial charge in [-0.25, -0.2) is 4.79 Å². The lowest BCUT2D eigenvalue weighted by atomic mass is 9.83. The molecule has 1 atom stereocenters. The Balaban J connectivity index is 1.90. The predicted molar refractivity (Wildman–Crippen MR) is 115 cm³/mol. The average Bonchev–Trinajstić information content (AvgIpc) is 2.76. The van der Waals surface area contributed by atoms with E-state index in [1.807, 2.05) is 0 Å². The molecule has 1 saturated heterocycles. The number of benzene rings is 1. The number of hydrogen-bond acceptors (Lipinski definition) is 4. The Morgan fingerprint density at radius 1 is 1.12 bits per heavy atom. The lowest BCUT2D eigenvalue weighted by Crippen LogP contribution is -2.47. The van der Waals surface area contributed by atoms with Crippen LogP contribution in [-0.4, -0.2) is 53.8 Å². The molecule has 0 radical (unpaired) electrons. The number of rotatable bonds is 5. The van der Waals surface area contributed by atoms with E-state index in [1.54, 1.807) is 18.7 Å². The highest BCUT2D eigenvalue weighted by Gasteiger charge is 2.39. The standard InChI is InChI=1S/C24H29F3N2O4/c1-4-33-23(32)22-16(3)29(14-21(31)28-11-9-15(2)10-12-28)20(30)13-19(22)17-5-7-18(8-6-17)24(25,26)27/h5-8,15,19H,4,9-14H2,1-3H3. The van der Waals surface area contributed by atoms with Gasteiger partial charge in [-0.1, -0.05) is 19.1 Å². The van der Waals surface area contributed by atoms with E-state index in [0.717, 1.165) is 25.0 Å². The summed E-state index contributed by atoms with van der Waals surface area (Å²) in [7, 11) is 0.